The number of carbonyl (C=O) groups excluding carboxylic acids is 1. The molecule has 2 rings (SSSR count). The zero-order valence-electron chi connectivity index (χ0n) is 14.5. The molecular formula is C19H23BrN2O2. The van der Waals surface area contributed by atoms with Crippen molar-refractivity contribution in [2.45, 2.75) is 20.4 Å². The third-order valence-electron chi connectivity index (χ3n) is 3.74. The molecular weight excluding hydrogens is 368 g/mol. The zero-order chi connectivity index (χ0) is 17.7. The molecule has 0 fully saturated rings. The second-order valence-corrected chi connectivity index (χ2v) is 6.82. The Labute approximate surface area is 151 Å². The van der Waals surface area contributed by atoms with Crippen LogP contribution >= 0.6 is 15.9 Å². The number of benzene rings is 2. The largest absolute Gasteiger partial charge is 0.496 e. The third kappa shape index (κ3) is 4.82. The van der Waals surface area contributed by atoms with Gasteiger partial charge in [-0.25, -0.2) is 0 Å². The normalized spacial score (nSPS) is 10.8. The first-order valence-electron chi connectivity index (χ1n) is 7.77. The maximum Gasteiger partial charge on any atom is 0.238 e. The molecule has 0 bridgehead atoms. The third-order valence-corrected chi connectivity index (χ3v) is 4.43. The molecule has 1 amide bonds. The average molecular weight is 391 g/mol. The lowest BCUT2D eigenvalue weighted by Crippen LogP contribution is -2.30. The summed E-state index contributed by atoms with van der Waals surface area (Å²) < 4.78 is 6.27. The highest BCUT2D eigenvalue weighted by atomic mass is 79.9. The first-order chi connectivity index (χ1) is 11.4. The molecule has 0 aromatic heterocycles. The van der Waals surface area contributed by atoms with Gasteiger partial charge in [0.15, 0.2) is 0 Å². The number of ether oxygens (including phenoxy) is 1. The van der Waals surface area contributed by atoms with Crippen LogP contribution in [0.3, 0.4) is 0 Å². The fourth-order valence-electron chi connectivity index (χ4n) is 2.82. The number of nitrogens with one attached hydrogen (secondary N) is 1. The second-order valence-electron chi connectivity index (χ2n) is 5.96. The summed E-state index contributed by atoms with van der Waals surface area (Å²) in [5, 5.41) is 2.92. The molecule has 0 aliphatic carbocycles. The Hall–Kier alpha value is -1.85. The molecule has 2 aromatic rings. The average Bonchev–Trinajstić information content (AvgIpc) is 2.49. The summed E-state index contributed by atoms with van der Waals surface area (Å²) in [4.78, 5) is 14.2. The molecule has 0 aliphatic rings. The van der Waals surface area contributed by atoms with E-state index < -0.39 is 0 Å². The highest BCUT2D eigenvalue weighted by Gasteiger charge is 2.11. The number of hydrogen-bond donors (Lipinski definition) is 1. The maximum atomic E-state index is 12.2. The van der Waals surface area contributed by atoms with E-state index in [-0.39, 0.29) is 5.91 Å². The van der Waals surface area contributed by atoms with E-state index in [4.69, 9.17) is 4.74 Å². The Balaban J connectivity index is 1.97. The molecule has 0 radical (unpaired) electrons. The lowest BCUT2D eigenvalue weighted by atomic mass is 10.1. The number of halogens is 1. The first kappa shape index (κ1) is 18.5. The van der Waals surface area contributed by atoms with Crippen LogP contribution in [0.15, 0.2) is 40.9 Å². The molecule has 1 N–H and O–H groups in total. The Bertz CT molecular complexity index is 708. The molecule has 0 saturated carbocycles. The molecule has 0 aliphatic heterocycles. The number of carbonyl (C=O) groups is 1. The minimum atomic E-state index is -0.0358. The topological polar surface area (TPSA) is 41.6 Å². The van der Waals surface area contributed by atoms with Crippen LogP contribution in [0.2, 0.25) is 0 Å². The minimum absolute atomic E-state index is 0.0358. The summed E-state index contributed by atoms with van der Waals surface area (Å²) in [6, 6.07) is 11.8. The van der Waals surface area contributed by atoms with Crippen molar-refractivity contribution in [1.82, 2.24) is 4.90 Å². The Morgan fingerprint density at radius 1 is 1.21 bits per heavy atom. The second kappa shape index (κ2) is 8.31. The van der Waals surface area contributed by atoms with E-state index in [9.17, 15) is 4.79 Å². The lowest BCUT2D eigenvalue weighted by molar-refractivity contribution is -0.117. The quantitative estimate of drug-likeness (QED) is 0.805. The monoisotopic (exact) mass is 390 g/mol. The predicted octanol–water partition coefficient (Wildman–Crippen LogP) is 4.15. The van der Waals surface area contributed by atoms with Crippen LogP contribution < -0.4 is 10.1 Å². The lowest BCUT2D eigenvalue weighted by Gasteiger charge is -2.18. The highest BCUT2D eigenvalue weighted by molar-refractivity contribution is 9.10. The van der Waals surface area contributed by atoms with Crippen molar-refractivity contribution in [2.24, 2.45) is 0 Å². The van der Waals surface area contributed by atoms with Crippen LogP contribution in [0.1, 0.15) is 16.7 Å². The van der Waals surface area contributed by atoms with Gasteiger partial charge in [0.25, 0.3) is 0 Å². The smallest absolute Gasteiger partial charge is 0.238 e. The fraction of sp³-hybridized carbons (Fsp3) is 0.316. The number of rotatable bonds is 6. The van der Waals surface area contributed by atoms with Crippen molar-refractivity contribution in [3.8, 4) is 5.75 Å². The van der Waals surface area contributed by atoms with Gasteiger partial charge in [-0.3, -0.25) is 9.69 Å². The molecule has 5 heteroatoms. The number of anilines is 1. The van der Waals surface area contributed by atoms with Crippen molar-refractivity contribution >= 4 is 27.5 Å². The number of likely N-dealkylation sites (N-methyl/N-ethyl adjacent to an activating group) is 1. The van der Waals surface area contributed by atoms with Gasteiger partial charge in [0, 0.05) is 11.0 Å². The van der Waals surface area contributed by atoms with Crippen LogP contribution in [-0.4, -0.2) is 31.5 Å². The number of para-hydroxylation sites is 1. The fourth-order valence-corrected chi connectivity index (χ4v) is 3.20. The number of nitrogens with zero attached hydrogens (tertiary/aromatic N) is 1. The Morgan fingerprint density at radius 3 is 2.42 bits per heavy atom. The summed E-state index contributed by atoms with van der Waals surface area (Å²) in [5.74, 6) is 0.888. The molecule has 24 heavy (non-hydrogen) atoms. The van der Waals surface area contributed by atoms with Crippen LogP contribution in [0.25, 0.3) is 0 Å². The van der Waals surface area contributed by atoms with E-state index in [1.54, 1.807) is 7.11 Å². The zero-order valence-corrected chi connectivity index (χ0v) is 16.1. The number of hydrogen-bond acceptors (Lipinski definition) is 3. The van der Waals surface area contributed by atoms with Gasteiger partial charge in [-0.15, -0.1) is 0 Å². The predicted molar refractivity (Wildman–Crippen MR) is 102 cm³/mol. The maximum absolute atomic E-state index is 12.2. The molecule has 4 nitrogen and oxygen atoms in total. The molecule has 0 unspecified atom stereocenters. The molecule has 128 valence electrons. The highest BCUT2D eigenvalue weighted by Crippen LogP contribution is 2.25. The summed E-state index contributed by atoms with van der Waals surface area (Å²) >= 11 is 3.43. The van der Waals surface area contributed by atoms with Crippen molar-refractivity contribution in [3.63, 3.8) is 0 Å². The molecule has 0 saturated heterocycles. The van der Waals surface area contributed by atoms with Gasteiger partial charge < -0.3 is 10.1 Å². The van der Waals surface area contributed by atoms with E-state index in [2.05, 4.69) is 33.4 Å². The minimum Gasteiger partial charge on any atom is -0.496 e. The van der Waals surface area contributed by atoms with Gasteiger partial charge in [0.1, 0.15) is 5.75 Å². The summed E-state index contributed by atoms with van der Waals surface area (Å²) in [6.45, 7) is 5.10. The summed E-state index contributed by atoms with van der Waals surface area (Å²) in [7, 11) is 3.63. The molecule has 0 spiro atoms. The van der Waals surface area contributed by atoms with Gasteiger partial charge in [-0.1, -0.05) is 24.3 Å². The molecule has 0 heterocycles. The van der Waals surface area contributed by atoms with E-state index in [0.29, 0.717) is 13.1 Å². The van der Waals surface area contributed by atoms with Crippen molar-refractivity contribution in [3.05, 3.63) is 57.6 Å². The molecule has 2 aromatic carbocycles. The van der Waals surface area contributed by atoms with Gasteiger partial charge in [-0.2, -0.15) is 0 Å². The van der Waals surface area contributed by atoms with Crippen LogP contribution in [0.4, 0.5) is 5.69 Å². The number of methoxy groups -OCH3 is 1. The summed E-state index contributed by atoms with van der Waals surface area (Å²) in [5.41, 5.74) is 4.17. The number of aryl methyl sites for hydroxylation is 2. The van der Waals surface area contributed by atoms with Crippen molar-refractivity contribution in [2.75, 3.05) is 26.0 Å². The molecule has 0 atom stereocenters. The van der Waals surface area contributed by atoms with E-state index in [1.807, 2.05) is 50.1 Å². The van der Waals surface area contributed by atoms with Crippen molar-refractivity contribution < 1.29 is 9.53 Å². The van der Waals surface area contributed by atoms with Gasteiger partial charge in [-0.05, 0) is 65.6 Å². The Kier molecular flexibility index (Phi) is 6.40. The first-order valence-corrected chi connectivity index (χ1v) is 8.57. The van der Waals surface area contributed by atoms with Gasteiger partial charge in [0.05, 0.1) is 19.3 Å². The SMILES string of the molecule is COc1c(C)cc(CN(C)CC(=O)Nc2ccccc2Br)cc1C. The van der Waals surface area contributed by atoms with E-state index >= 15 is 0 Å². The van der Waals surface area contributed by atoms with E-state index in [0.717, 1.165) is 27.0 Å². The number of amides is 1. The van der Waals surface area contributed by atoms with Gasteiger partial charge >= 0.3 is 0 Å². The van der Waals surface area contributed by atoms with Gasteiger partial charge in [0.2, 0.25) is 5.91 Å². The van der Waals surface area contributed by atoms with Crippen LogP contribution in [0.5, 0.6) is 5.75 Å². The Morgan fingerprint density at radius 2 is 1.83 bits per heavy atom. The van der Waals surface area contributed by atoms with Crippen LogP contribution in [-0.2, 0) is 11.3 Å². The standard InChI is InChI=1S/C19H23BrN2O2/c1-13-9-15(10-14(2)19(13)24-4)11-22(3)12-18(23)21-17-8-6-5-7-16(17)20/h5-10H,11-12H2,1-4H3,(H,21,23). The summed E-state index contributed by atoms with van der Waals surface area (Å²) in [6.07, 6.45) is 0. The van der Waals surface area contributed by atoms with Crippen molar-refractivity contribution in [1.29, 1.82) is 0 Å². The van der Waals surface area contributed by atoms with Crippen LogP contribution in [0, 0.1) is 13.8 Å². The van der Waals surface area contributed by atoms with E-state index in [1.165, 1.54) is 5.56 Å².